The number of carbonyl (C=O) groups excluding carboxylic acids is 1. The first-order valence-electron chi connectivity index (χ1n) is 4.80. The van der Waals surface area contributed by atoms with Crippen molar-refractivity contribution >= 4 is 5.97 Å². The third-order valence-corrected chi connectivity index (χ3v) is 2.41. The maximum Gasteiger partial charge on any atom is 0.334 e. The van der Waals surface area contributed by atoms with Crippen LogP contribution in [0.25, 0.3) is 0 Å². The number of esters is 1. The van der Waals surface area contributed by atoms with E-state index < -0.39 is 0 Å². The van der Waals surface area contributed by atoms with E-state index in [1.807, 2.05) is 0 Å². The lowest BCUT2D eigenvalue weighted by Crippen LogP contribution is -2.20. The van der Waals surface area contributed by atoms with Crippen LogP contribution in [0, 0.1) is 5.92 Å². The lowest BCUT2D eigenvalue weighted by Gasteiger charge is -2.20. The molecule has 76 valence electrons. The Hall–Kier alpha value is -0.610. The topological polar surface area (TPSA) is 61.5 Å². The maximum atomic E-state index is 10.9. The first-order chi connectivity index (χ1) is 6.33. The summed E-state index contributed by atoms with van der Waals surface area (Å²) in [5, 5.41) is 0. The molecule has 4 nitrogen and oxygen atoms in total. The van der Waals surface area contributed by atoms with Gasteiger partial charge in [0.1, 0.15) is 0 Å². The standard InChI is InChI=1S/C9H17NO3/c10-13-7-9(11)12-6-8-4-2-1-3-5-8/h8H,1-7,10H2. The molecule has 13 heavy (non-hydrogen) atoms. The summed E-state index contributed by atoms with van der Waals surface area (Å²) < 4.78 is 4.98. The molecule has 1 saturated carbocycles. The second-order valence-electron chi connectivity index (χ2n) is 3.50. The van der Waals surface area contributed by atoms with Crippen LogP contribution in [0.4, 0.5) is 0 Å². The fraction of sp³-hybridized carbons (Fsp3) is 0.889. The Kier molecular flexibility index (Phi) is 4.78. The van der Waals surface area contributed by atoms with E-state index in [1.165, 1.54) is 32.1 Å². The van der Waals surface area contributed by atoms with E-state index in [4.69, 9.17) is 10.6 Å². The molecule has 0 radical (unpaired) electrons. The molecule has 1 rings (SSSR count). The number of hydrogen-bond donors (Lipinski definition) is 1. The molecule has 2 N–H and O–H groups in total. The van der Waals surface area contributed by atoms with Gasteiger partial charge in [-0.15, -0.1) is 0 Å². The van der Waals surface area contributed by atoms with Crippen molar-refractivity contribution in [2.75, 3.05) is 13.2 Å². The highest BCUT2D eigenvalue weighted by molar-refractivity contribution is 5.70. The molecule has 0 atom stereocenters. The van der Waals surface area contributed by atoms with Gasteiger partial charge in [-0.2, -0.15) is 0 Å². The summed E-state index contributed by atoms with van der Waals surface area (Å²) in [7, 11) is 0. The van der Waals surface area contributed by atoms with Gasteiger partial charge in [0, 0.05) is 0 Å². The summed E-state index contributed by atoms with van der Waals surface area (Å²) in [6, 6.07) is 0. The molecule has 0 heterocycles. The quantitative estimate of drug-likeness (QED) is 0.527. The van der Waals surface area contributed by atoms with Crippen LogP contribution < -0.4 is 5.90 Å². The molecule has 0 saturated heterocycles. The molecular weight excluding hydrogens is 170 g/mol. The van der Waals surface area contributed by atoms with Gasteiger partial charge in [-0.3, -0.25) is 4.84 Å². The predicted octanol–water partition coefficient (Wildman–Crippen LogP) is 1.00. The van der Waals surface area contributed by atoms with Crippen LogP contribution in [-0.4, -0.2) is 19.2 Å². The molecule has 1 fully saturated rings. The summed E-state index contributed by atoms with van der Waals surface area (Å²) in [5.41, 5.74) is 0. The second kappa shape index (κ2) is 5.94. The van der Waals surface area contributed by atoms with Gasteiger partial charge in [0.25, 0.3) is 0 Å². The third kappa shape index (κ3) is 4.24. The zero-order valence-electron chi connectivity index (χ0n) is 7.83. The largest absolute Gasteiger partial charge is 0.464 e. The van der Waals surface area contributed by atoms with Gasteiger partial charge >= 0.3 is 5.97 Å². The molecule has 0 aromatic carbocycles. The zero-order valence-corrected chi connectivity index (χ0v) is 7.83. The molecule has 0 aliphatic heterocycles. The lowest BCUT2D eigenvalue weighted by atomic mass is 9.90. The van der Waals surface area contributed by atoms with Gasteiger partial charge < -0.3 is 4.74 Å². The molecule has 0 aromatic heterocycles. The normalized spacial score (nSPS) is 18.5. The van der Waals surface area contributed by atoms with E-state index in [9.17, 15) is 4.79 Å². The van der Waals surface area contributed by atoms with Gasteiger partial charge in [-0.1, -0.05) is 19.3 Å². The monoisotopic (exact) mass is 187 g/mol. The van der Waals surface area contributed by atoms with Gasteiger partial charge in [0.05, 0.1) is 6.61 Å². The molecule has 0 aromatic rings. The van der Waals surface area contributed by atoms with Crippen LogP contribution in [0.5, 0.6) is 0 Å². The van der Waals surface area contributed by atoms with Crippen molar-refractivity contribution < 1.29 is 14.4 Å². The van der Waals surface area contributed by atoms with Crippen molar-refractivity contribution in [2.45, 2.75) is 32.1 Å². The number of ether oxygens (including phenoxy) is 1. The van der Waals surface area contributed by atoms with E-state index in [0.29, 0.717) is 12.5 Å². The van der Waals surface area contributed by atoms with Crippen LogP contribution in [0.1, 0.15) is 32.1 Å². The average molecular weight is 187 g/mol. The van der Waals surface area contributed by atoms with E-state index in [-0.39, 0.29) is 12.6 Å². The molecule has 0 unspecified atom stereocenters. The summed E-state index contributed by atoms with van der Waals surface area (Å²) in [6.45, 7) is 0.384. The minimum absolute atomic E-state index is 0.146. The highest BCUT2D eigenvalue weighted by atomic mass is 16.6. The SMILES string of the molecule is NOCC(=O)OCC1CCCCC1. The van der Waals surface area contributed by atoms with E-state index in [0.717, 1.165) is 0 Å². The van der Waals surface area contributed by atoms with Gasteiger partial charge in [0.2, 0.25) is 0 Å². The Morgan fingerprint density at radius 1 is 1.31 bits per heavy atom. The second-order valence-corrected chi connectivity index (χ2v) is 3.50. The number of nitrogens with two attached hydrogens (primary N) is 1. The zero-order chi connectivity index (χ0) is 9.52. The fourth-order valence-corrected chi connectivity index (χ4v) is 1.67. The average Bonchev–Trinajstić information content (AvgIpc) is 2.17. The van der Waals surface area contributed by atoms with Crippen LogP contribution >= 0.6 is 0 Å². The smallest absolute Gasteiger partial charge is 0.334 e. The molecule has 0 spiro atoms. The highest BCUT2D eigenvalue weighted by Gasteiger charge is 2.15. The summed E-state index contributed by atoms with van der Waals surface area (Å²) >= 11 is 0. The molecule has 1 aliphatic rings. The van der Waals surface area contributed by atoms with E-state index in [2.05, 4.69) is 4.84 Å². The van der Waals surface area contributed by atoms with Gasteiger partial charge in [-0.05, 0) is 18.8 Å². The van der Waals surface area contributed by atoms with Crippen molar-refractivity contribution in [3.63, 3.8) is 0 Å². The molecule has 1 aliphatic carbocycles. The third-order valence-electron chi connectivity index (χ3n) is 2.41. The molecule has 0 amide bonds. The van der Waals surface area contributed by atoms with Crippen LogP contribution in [0.3, 0.4) is 0 Å². The predicted molar refractivity (Wildman–Crippen MR) is 47.7 cm³/mol. The van der Waals surface area contributed by atoms with Gasteiger partial charge in [-0.25, -0.2) is 10.7 Å². The van der Waals surface area contributed by atoms with Crippen molar-refractivity contribution in [2.24, 2.45) is 11.8 Å². The Morgan fingerprint density at radius 2 is 2.00 bits per heavy atom. The first kappa shape index (κ1) is 10.5. The molecular formula is C9H17NO3. The van der Waals surface area contributed by atoms with Crippen LogP contribution in [-0.2, 0) is 14.4 Å². The van der Waals surface area contributed by atoms with E-state index in [1.54, 1.807) is 0 Å². The summed E-state index contributed by atoms with van der Waals surface area (Å²) in [6.07, 6.45) is 6.19. The molecule has 0 bridgehead atoms. The van der Waals surface area contributed by atoms with Crippen molar-refractivity contribution in [1.82, 2.24) is 0 Å². The molecule has 4 heteroatoms. The maximum absolute atomic E-state index is 10.9. The summed E-state index contributed by atoms with van der Waals surface area (Å²) in [5.74, 6) is 4.92. The van der Waals surface area contributed by atoms with Crippen molar-refractivity contribution in [1.29, 1.82) is 0 Å². The first-order valence-corrected chi connectivity index (χ1v) is 4.80. The van der Waals surface area contributed by atoms with Gasteiger partial charge in [0.15, 0.2) is 6.61 Å². The number of carbonyl (C=O) groups is 1. The van der Waals surface area contributed by atoms with Crippen molar-refractivity contribution in [3.05, 3.63) is 0 Å². The Bertz CT molecular complexity index is 155. The lowest BCUT2D eigenvalue weighted by molar-refractivity contribution is -0.150. The number of hydrogen-bond acceptors (Lipinski definition) is 4. The van der Waals surface area contributed by atoms with Crippen molar-refractivity contribution in [3.8, 4) is 0 Å². The minimum Gasteiger partial charge on any atom is -0.464 e. The van der Waals surface area contributed by atoms with E-state index >= 15 is 0 Å². The van der Waals surface area contributed by atoms with Crippen LogP contribution in [0.15, 0.2) is 0 Å². The Labute approximate surface area is 78.3 Å². The number of rotatable bonds is 4. The highest BCUT2D eigenvalue weighted by Crippen LogP contribution is 2.23. The fourth-order valence-electron chi connectivity index (χ4n) is 1.67. The minimum atomic E-state index is -0.368. The summed E-state index contributed by atoms with van der Waals surface area (Å²) in [4.78, 5) is 15.0. The van der Waals surface area contributed by atoms with Crippen LogP contribution in [0.2, 0.25) is 0 Å². The Morgan fingerprint density at radius 3 is 2.62 bits per heavy atom. The Balaban J connectivity index is 2.06.